The average molecular weight is 424 g/mol. The lowest BCUT2D eigenvalue weighted by Gasteiger charge is -2.11. The first-order valence-electron chi connectivity index (χ1n) is 9.91. The van der Waals surface area contributed by atoms with E-state index in [1.807, 2.05) is 60.7 Å². The van der Waals surface area contributed by atoms with Gasteiger partial charge in [0.25, 0.3) is 0 Å². The molecule has 2 heterocycles. The van der Waals surface area contributed by atoms with Crippen molar-refractivity contribution in [3.05, 3.63) is 96.1 Å². The van der Waals surface area contributed by atoms with Crippen molar-refractivity contribution in [2.75, 3.05) is 14.2 Å². The molecule has 0 aliphatic rings. The van der Waals surface area contributed by atoms with Crippen LogP contribution in [-0.2, 0) is 9.47 Å². The number of esters is 2. The molecule has 0 atom stereocenters. The fourth-order valence-electron chi connectivity index (χ4n) is 3.31. The maximum Gasteiger partial charge on any atom is 0.338 e. The second-order valence-electron chi connectivity index (χ2n) is 6.97. The zero-order valence-electron chi connectivity index (χ0n) is 17.6. The summed E-state index contributed by atoms with van der Waals surface area (Å²) in [4.78, 5) is 34.2. The van der Waals surface area contributed by atoms with Crippen LogP contribution in [0.4, 0.5) is 0 Å². The van der Waals surface area contributed by atoms with E-state index < -0.39 is 11.9 Å². The third-order valence-electron chi connectivity index (χ3n) is 4.89. The fourth-order valence-corrected chi connectivity index (χ4v) is 3.31. The average Bonchev–Trinajstić information content (AvgIpc) is 2.88. The van der Waals surface area contributed by atoms with Gasteiger partial charge in [-0.05, 0) is 24.3 Å². The van der Waals surface area contributed by atoms with Crippen LogP contribution in [-0.4, -0.2) is 36.1 Å². The minimum absolute atomic E-state index is 0.336. The second kappa shape index (κ2) is 9.22. The number of ether oxygens (including phenoxy) is 2. The number of pyridine rings is 2. The molecule has 0 N–H and O–H groups in total. The lowest BCUT2D eigenvalue weighted by molar-refractivity contribution is 0.0591. The lowest BCUT2D eigenvalue weighted by Crippen LogP contribution is -2.06. The molecule has 0 saturated heterocycles. The predicted molar refractivity (Wildman–Crippen MR) is 121 cm³/mol. The van der Waals surface area contributed by atoms with E-state index in [1.165, 1.54) is 14.2 Å². The molecular formula is C26H20N2O4. The number of aromatic nitrogens is 2. The summed E-state index contributed by atoms with van der Waals surface area (Å²) in [6.45, 7) is 0. The molecule has 4 aromatic rings. The van der Waals surface area contributed by atoms with Gasteiger partial charge in [-0.3, -0.25) is 0 Å². The van der Waals surface area contributed by atoms with E-state index in [4.69, 9.17) is 19.4 Å². The van der Waals surface area contributed by atoms with E-state index in [-0.39, 0.29) is 0 Å². The van der Waals surface area contributed by atoms with Crippen LogP contribution in [0.5, 0.6) is 0 Å². The molecule has 2 aromatic carbocycles. The highest BCUT2D eigenvalue weighted by Crippen LogP contribution is 2.28. The number of methoxy groups -OCH3 is 2. The van der Waals surface area contributed by atoms with Crippen molar-refractivity contribution in [1.29, 1.82) is 0 Å². The zero-order valence-corrected chi connectivity index (χ0v) is 17.6. The summed E-state index contributed by atoms with van der Waals surface area (Å²) in [6, 6.07) is 25.6. The molecule has 32 heavy (non-hydrogen) atoms. The van der Waals surface area contributed by atoms with Gasteiger partial charge in [0, 0.05) is 11.1 Å². The highest BCUT2D eigenvalue weighted by atomic mass is 16.5. The van der Waals surface area contributed by atoms with Crippen LogP contribution in [0, 0.1) is 0 Å². The molecular weight excluding hydrogens is 404 g/mol. The van der Waals surface area contributed by atoms with E-state index >= 15 is 0 Å². The van der Waals surface area contributed by atoms with Crippen molar-refractivity contribution in [1.82, 2.24) is 9.97 Å². The van der Waals surface area contributed by atoms with E-state index in [2.05, 4.69) is 0 Å². The Hall–Kier alpha value is -4.32. The van der Waals surface area contributed by atoms with Gasteiger partial charge in [-0.2, -0.15) is 0 Å². The standard InChI is InChI=1S/C26H20N2O4/c1-31-25(29)19-13-21(17-9-5-3-6-10-17)27-23(15-19)24-16-20(26(30)32-2)14-22(28-24)18-11-7-4-8-12-18/h3-16H,1-2H3. The molecule has 0 unspecified atom stereocenters. The molecule has 0 aliphatic heterocycles. The van der Waals surface area contributed by atoms with Gasteiger partial charge in [-0.25, -0.2) is 19.6 Å². The Balaban J connectivity index is 1.93. The third kappa shape index (κ3) is 4.39. The third-order valence-corrected chi connectivity index (χ3v) is 4.89. The Morgan fingerprint density at radius 3 is 1.25 bits per heavy atom. The van der Waals surface area contributed by atoms with Gasteiger partial charge in [-0.1, -0.05) is 60.7 Å². The van der Waals surface area contributed by atoms with Crippen LogP contribution in [0.2, 0.25) is 0 Å². The number of carbonyl (C=O) groups excluding carboxylic acids is 2. The summed E-state index contributed by atoms with van der Waals surface area (Å²) in [5.74, 6) is -0.975. The van der Waals surface area contributed by atoms with Gasteiger partial charge in [0.15, 0.2) is 0 Å². The van der Waals surface area contributed by atoms with Crippen molar-refractivity contribution in [3.8, 4) is 33.9 Å². The molecule has 6 heteroatoms. The molecule has 0 aliphatic carbocycles. The molecule has 0 spiro atoms. The minimum Gasteiger partial charge on any atom is -0.465 e. The van der Waals surface area contributed by atoms with Gasteiger partial charge in [0.05, 0.1) is 48.1 Å². The zero-order chi connectivity index (χ0) is 22.5. The number of rotatable bonds is 5. The van der Waals surface area contributed by atoms with Gasteiger partial charge in [-0.15, -0.1) is 0 Å². The normalized spacial score (nSPS) is 10.4. The molecule has 0 fully saturated rings. The number of benzene rings is 2. The minimum atomic E-state index is -0.488. The molecule has 158 valence electrons. The first kappa shape index (κ1) is 20.9. The van der Waals surface area contributed by atoms with E-state index in [9.17, 15) is 9.59 Å². The first-order valence-corrected chi connectivity index (χ1v) is 9.91. The van der Waals surface area contributed by atoms with E-state index in [0.29, 0.717) is 33.9 Å². The Morgan fingerprint density at radius 2 is 0.906 bits per heavy atom. The van der Waals surface area contributed by atoms with Crippen molar-refractivity contribution in [3.63, 3.8) is 0 Å². The predicted octanol–water partition coefficient (Wildman–Crippen LogP) is 5.05. The molecule has 2 aromatic heterocycles. The fraction of sp³-hybridized carbons (Fsp3) is 0.0769. The highest BCUT2D eigenvalue weighted by molar-refractivity contribution is 5.94. The smallest absolute Gasteiger partial charge is 0.338 e. The topological polar surface area (TPSA) is 78.4 Å². The Bertz CT molecular complexity index is 1170. The Kier molecular flexibility index (Phi) is 6.03. The van der Waals surface area contributed by atoms with Gasteiger partial charge in [0.2, 0.25) is 0 Å². The van der Waals surface area contributed by atoms with Gasteiger partial charge >= 0.3 is 11.9 Å². The highest BCUT2D eigenvalue weighted by Gasteiger charge is 2.17. The quantitative estimate of drug-likeness (QED) is 0.417. The molecule has 0 saturated carbocycles. The van der Waals surface area contributed by atoms with Crippen LogP contribution in [0.1, 0.15) is 20.7 Å². The summed E-state index contributed by atoms with van der Waals surface area (Å²) < 4.78 is 9.86. The number of hydrogen-bond acceptors (Lipinski definition) is 6. The largest absolute Gasteiger partial charge is 0.465 e. The van der Waals surface area contributed by atoms with Crippen molar-refractivity contribution >= 4 is 11.9 Å². The van der Waals surface area contributed by atoms with Gasteiger partial charge < -0.3 is 9.47 Å². The first-order chi connectivity index (χ1) is 15.6. The number of hydrogen-bond donors (Lipinski definition) is 0. The van der Waals surface area contributed by atoms with Crippen molar-refractivity contribution < 1.29 is 19.1 Å². The second-order valence-corrected chi connectivity index (χ2v) is 6.97. The van der Waals surface area contributed by atoms with Crippen LogP contribution in [0.3, 0.4) is 0 Å². The van der Waals surface area contributed by atoms with Crippen LogP contribution in [0.25, 0.3) is 33.9 Å². The van der Waals surface area contributed by atoms with Crippen LogP contribution in [0.15, 0.2) is 84.9 Å². The summed E-state index contributed by atoms with van der Waals surface area (Å²) in [5.41, 5.74) is 4.42. The van der Waals surface area contributed by atoms with E-state index in [1.54, 1.807) is 24.3 Å². The van der Waals surface area contributed by atoms with Crippen LogP contribution >= 0.6 is 0 Å². The summed E-state index contributed by atoms with van der Waals surface area (Å²) >= 11 is 0. The monoisotopic (exact) mass is 424 g/mol. The van der Waals surface area contributed by atoms with Crippen molar-refractivity contribution in [2.24, 2.45) is 0 Å². The summed E-state index contributed by atoms with van der Waals surface area (Å²) in [7, 11) is 2.66. The molecule has 0 amide bonds. The Labute approximate surface area is 185 Å². The number of nitrogens with zero attached hydrogens (tertiary/aromatic N) is 2. The van der Waals surface area contributed by atoms with Crippen LogP contribution < -0.4 is 0 Å². The SMILES string of the molecule is COC(=O)c1cc(-c2ccccc2)nc(-c2cc(C(=O)OC)cc(-c3ccccc3)n2)c1. The molecule has 6 nitrogen and oxygen atoms in total. The van der Waals surface area contributed by atoms with E-state index in [0.717, 1.165) is 11.1 Å². The molecule has 4 rings (SSSR count). The Morgan fingerprint density at radius 1 is 0.562 bits per heavy atom. The maximum absolute atomic E-state index is 12.3. The summed E-state index contributed by atoms with van der Waals surface area (Å²) in [5, 5.41) is 0. The van der Waals surface area contributed by atoms with Crippen molar-refractivity contribution in [2.45, 2.75) is 0 Å². The maximum atomic E-state index is 12.3. The summed E-state index contributed by atoms with van der Waals surface area (Å²) in [6.07, 6.45) is 0. The number of carbonyl (C=O) groups is 2. The molecule has 0 radical (unpaired) electrons. The molecule has 0 bridgehead atoms. The van der Waals surface area contributed by atoms with Gasteiger partial charge in [0.1, 0.15) is 0 Å². The lowest BCUT2D eigenvalue weighted by atomic mass is 10.0.